The molecule has 1 fully saturated rings. The molecule has 1 heterocycles. The largest absolute Gasteiger partial charge is 0.371 e. The van der Waals surface area contributed by atoms with Crippen molar-refractivity contribution in [2.24, 2.45) is 16.6 Å². The monoisotopic (exact) mass is 372 g/mol. The molecule has 1 unspecified atom stereocenters. The molecule has 1 aliphatic heterocycles. The molecule has 0 bridgehead atoms. The molecule has 23 heavy (non-hydrogen) atoms. The summed E-state index contributed by atoms with van der Waals surface area (Å²) < 4.78 is 1.11. The lowest BCUT2D eigenvalue weighted by Gasteiger charge is -2.18. The highest BCUT2D eigenvalue weighted by molar-refractivity contribution is 9.10. The fourth-order valence-corrected chi connectivity index (χ4v) is 3.07. The molecule has 0 radical (unpaired) electrons. The van der Waals surface area contributed by atoms with E-state index in [0.717, 1.165) is 36.2 Å². The van der Waals surface area contributed by atoms with Crippen LogP contribution in [0.25, 0.3) is 0 Å². The fourth-order valence-electron chi connectivity index (χ4n) is 2.80. The van der Waals surface area contributed by atoms with Gasteiger partial charge in [0.25, 0.3) is 0 Å². The van der Waals surface area contributed by atoms with Gasteiger partial charge in [-0.05, 0) is 48.7 Å². The van der Waals surface area contributed by atoms with Crippen molar-refractivity contribution in [1.29, 1.82) is 0 Å². The van der Waals surface area contributed by atoms with Crippen LogP contribution in [0.2, 0.25) is 0 Å². The van der Waals surface area contributed by atoms with Gasteiger partial charge in [-0.1, -0.05) is 34.1 Å². The summed E-state index contributed by atoms with van der Waals surface area (Å²) in [6, 6.07) is 18.4. The van der Waals surface area contributed by atoms with Gasteiger partial charge in [-0.3, -0.25) is 4.99 Å². The highest BCUT2D eigenvalue weighted by Gasteiger charge is 2.22. The van der Waals surface area contributed by atoms with Crippen LogP contribution in [0.4, 0.5) is 11.4 Å². The van der Waals surface area contributed by atoms with E-state index in [0.29, 0.717) is 11.9 Å². The number of hydrogen-bond donors (Lipinski definition) is 2. The van der Waals surface area contributed by atoms with Crippen LogP contribution < -0.4 is 16.0 Å². The molecule has 0 saturated carbocycles. The maximum Gasteiger partial charge on any atom is 0.193 e. The first kappa shape index (κ1) is 15.9. The number of guanidine groups is 1. The predicted molar refractivity (Wildman–Crippen MR) is 101 cm³/mol. The summed E-state index contributed by atoms with van der Waals surface area (Å²) >= 11 is 3.48. The lowest BCUT2D eigenvalue weighted by Crippen LogP contribution is -2.24. The first-order valence-electron chi connectivity index (χ1n) is 7.83. The first-order chi connectivity index (χ1) is 11.2. The molecule has 0 aliphatic carbocycles. The van der Waals surface area contributed by atoms with Crippen LogP contribution in [0.15, 0.2) is 64.1 Å². The molecular weight excluding hydrogens is 352 g/mol. The van der Waals surface area contributed by atoms with E-state index in [1.807, 2.05) is 30.3 Å². The number of halogens is 1. The quantitative estimate of drug-likeness (QED) is 0.635. The van der Waals surface area contributed by atoms with Crippen LogP contribution in [0.1, 0.15) is 6.42 Å². The minimum atomic E-state index is 0.485. The Morgan fingerprint density at radius 1 is 1.17 bits per heavy atom. The third-order valence-electron chi connectivity index (χ3n) is 4.04. The highest BCUT2D eigenvalue weighted by Crippen LogP contribution is 2.25. The predicted octanol–water partition coefficient (Wildman–Crippen LogP) is 3.70. The van der Waals surface area contributed by atoms with E-state index in [9.17, 15) is 0 Å². The topological polar surface area (TPSA) is 53.6 Å². The van der Waals surface area contributed by atoms with Gasteiger partial charge in [0, 0.05) is 35.5 Å². The summed E-state index contributed by atoms with van der Waals surface area (Å²) in [5.41, 5.74) is 8.21. The Hall–Kier alpha value is -2.01. The van der Waals surface area contributed by atoms with Crippen molar-refractivity contribution < 1.29 is 0 Å². The van der Waals surface area contributed by atoms with Crippen LogP contribution in [0.5, 0.6) is 0 Å². The van der Waals surface area contributed by atoms with Crippen molar-refractivity contribution in [3.63, 3.8) is 0 Å². The maximum atomic E-state index is 5.97. The Morgan fingerprint density at radius 3 is 2.65 bits per heavy atom. The SMILES string of the molecule is NC(=NCC1CCN(c2ccc(Br)cc2)C1)Nc1ccccc1. The molecule has 1 atom stereocenters. The molecule has 3 N–H and O–H groups in total. The number of rotatable bonds is 4. The molecule has 1 aliphatic rings. The number of aliphatic imine (C=N–C) groups is 1. The summed E-state index contributed by atoms with van der Waals surface area (Å²) in [7, 11) is 0. The van der Waals surface area contributed by atoms with Gasteiger partial charge in [-0.25, -0.2) is 0 Å². The van der Waals surface area contributed by atoms with E-state index < -0.39 is 0 Å². The maximum absolute atomic E-state index is 5.97. The second kappa shape index (κ2) is 7.51. The van der Waals surface area contributed by atoms with Gasteiger partial charge >= 0.3 is 0 Å². The molecule has 1 saturated heterocycles. The van der Waals surface area contributed by atoms with Crippen LogP contribution in [-0.4, -0.2) is 25.6 Å². The number of hydrogen-bond acceptors (Lipinski definition) is 2. The standard InChI is InChI=1S/C18H21BrN4/c19-15-6-8-17(9-7-15)23-11-10-14(13-23)12-21-18(20)22-16-4-2-1-3-5-16/h1-9,14H,10-13H2,(H3,20,21,22). The van der Waals surface area contributed by atoms with Crippen molar-refractivity contribution in [2.45, 2.75) is 6.42 Å². The minimum Gasteiger partial charge on any atom is -0.371 e. The van der Waals surface area contributed by atoms with Crippen molar-refractivity contribution in [3.05, 3.63) is 59.1 Å². The number of nitrogens with two attached hydrogens (primary N) is 1. The number of anilines is 2. The zero-order valence-corrected chi connectivity index (χ0v) is 14.5. The van der Waals surface area contributed by atoms with Gasteiger partial charge in [0.1, 0.15) is 0 Å². The lowest BCUT2D eigenvalue weighted by molar-refractivity contribution is 0.603. The zero-order chi connectivity index (χ0) is 16.1. The van der Waals surface area contributed by atoms with Crippen LogP contribution in [-0.2, 0) is 0 Å². The molecule has 0 amide bonds. The van der Waals surface area contributed by atoms with E-state index in [-0.39, 0.29) is 0 Å². The van der Waals surface area contributed by atoms with Gasteiger partial charge in [0.2, 0.25) is 0 Å². The zero-order valence-electron chi connectivity index (χ0n) is 13.0. The van der Waals surface area contributed by atoms with Crippen molar-refractivity contribution >= 4 is 33.3 Å². The van der Waals surface area contributed by atoms with E-state index >= 15 is 0 Å². The van der Waals surface area contributed by atoms with Crippen molar-refractivity contribution in [3.8, 4) is 0 Å². The van der Waals surface area contributed by atoms with Crippen molar-refractivity contribution in [2.75, 3.05) is 29.9 Å². The van der Waals surface area contributed by atoms with Gasteiger partial charge in [0.15, 0.2) is 5.96 Å². The van der Waals surface area contributed by atoms with Gasteiger partial charge in [-0.15, -0.1) is 0 Å². The Balaban J connectivity index is 1.51. The van der Waals surface area contributed by atoms with Crippen LogP contribution in [0.3, 0.4) is 0 Å². The second-order valence-electron chi connectivity index (χ2n) is 5.79. The Kier molecular flexibility index (Phi) is 5.18. The Labute approximate surface area is 145 Å². The highest BCUT2D eigenvalue weighted by atomic mass is 79.9. The molecule has 120 valence electrons. The van der Waals surface area contributed by atoms with Crippen LogP contribution >= 0.6 is 15.9 Å². The molecule has 0 spiro atoms. The molecule has 4 nitrogen and oxygen atoms in total. The number of benzene rings is 2. The number of nitrogens with zero attached hydrogens (tertiary/aromatic N) is 2. The average molecular weight is 373 g/mol. The normalized spacial score (nSPS) is 18.2. The van der Waals surface area contributed by atoms with Crippen LogP contribution in [0, 0.1) is 5.92 Å². The lowest BCUT2D eigenvalue weighted by atomic mass is 10.1. The van der Waals surface area contributed by atoms with Crippen molar-refractivity contribution in [1.82, 2.24) is 0 Å². The average Bonchev–Trinajstić information content (AvgIpc) is 3.04. The molecule has 5 heteroatoms. The molecule has 2 aromatic rings. The summed E-state index contributed by atoms with van der Waals surface area (Å²) in [4.78, 5) is 6.90. The number of para-hydroxylation sites is 1. The molecule has 0 aromatic heterocycles. The minimum absolute atomic E-state index is 0.485. The summed E-state index contributed by atoms with van der Waals surface area (Å²) in [5, 5.41) is 3.12. The molecular formula is C18H21BrN4. The van der Waals surface area contributed by atoms with E-state index in [2.05, 4.69) is 55.4 Å². The summed E-state index contributed by atoms with van der Waals surface area (Å²) in [6.07, 6.45) is 1.15. The Bertz CT molecular complexity index is 654. The fraction of sp³-hybridized carbons (Fsp3) is 0.278. The van der Waals surface area contributed by atoms with E-state index in [1.54, 1.807) is 0 Å². The third kappa shape index (κ3) is 4.48. The van der Waals surface area contributed by atoms with Gasteiger partial charge < -0.3 is 16.0 Å². The van der Waals surface area contributed by atoms with Gasteiger partial charge in [-0.2, -0.15) is 0 Å². The Morgan fingerprint density at radius 2 is 1.91 bits per heavy atom. The second-order valence-corrected chi connectivity index (χ2v) is 6.71. The summed E-state index contributed by atoms with van der Waals surface area (Å²) in [5.74, 6) is 1.04. The smallest absolute Gasteiger partial charge is 0.193 e. The molecule has 2 aromatic carbocycles. The van der Waals surface area contributed by atoms with Gasteiger partial charge in [0.05, 0.1) is 0 Å². The van der Waals surface area contributed by atoms with E-state index in [4.69, 9.17) is 5.73 Å². The summed E-state index contributed by atoms with van der Waals surface area (Å²) in [6.45, 7) is 2.87. The third-order valence-corrected chi connectivity index (χ3v) is 4.57. The van der Waals surface area contributed by atoms with E-state index in [1.165, 1.54) is 5.69 Å². The molecule has 3 rings (SSSR count). The first-order valence-corrected chi connectivity index (χ1v) is 8.62. The number of nitrogens with one attached hydrogen (secondary N) is 1.